The van der Waals surface area contributed by atoms with Crippen LogP contribution in [0.4, 0.5) is 11.4 Å². The molecule has 3 heterocycles. The Bertz CT molecular complexity index is 1280. The summed E-state index contributed by atoms with van der Waals surface area (Å²) in [5.74, 6) is -0.234. The number of para-hydroxylation sites is 1. The highest BCUT2D eigenvalue weighted by Gasteiger charge is 2.22. The first-order valence-electron chi connectivity index (χ1n) is 8.01. The van der Waals surface area contributed by atoms with Crippen LogP contribution in [0, 0.1) is 0 Å². The van der Waals surface area contributed by atoms with Crippen LogP contribution < -0.4 is 11.1 Å². The van der Waals surface area contributed by atoms with Crippen molar-refractivity contribution in [2.75, 3.05) is 0 Å². The van der Waals surface area contributed by atoms with E-state index in [4.69, 9.17) is 0 Å². The Balaban J connectivity index is 1.95. The van der Waals surface area contributed by atoms with Crippen LogP contribution in [0.1, 0.15) is 0 Å². The molecule has 3 aromatic heterocycles. The Morgan fingerprint density at radius 1 is 1.07 bits per heavy atom. The number of benzene rings is 1. The molecule has 0 amide bonds. The summed E-state index contributed by atoms with van der Waals surface area (Å²) in [6, 6.07) is 10.3. The summed E-state index contributed by atoms with van der Waals surface area (Å²) in [7, 11) is 1.59. The highest BCUT2D eigenvalue weighted by molar-refractivity contribution is 5.93. The third kappa shape index (κ3) is 2.71. The van der Waals surface area contributed by atoms with Gasteiger partial charge >= 0.3 is 0 Å². The molecule has 0 saturated carbocycles. The van der Waals surface area contributed by atoms with E-state index in [0.717, 1.165) is 0 Å². The average molecular weight is 362 g/mol. The Morgan fingerprint density at radius 3 is 2.67 bits per heavy atom. The topological polar surface area (TPSA) is 128 Å². The summed E-state index contributed by atoms with van der Waals surface area (Å²) in [4.78, 5) is 28.9. The maximum Gasteiger partial charge on any atom is 0.292 e. The van der Waals surface area contributed by atoms with E-state index in [1.165, 1.54) is 10.8 Å². The first-order valence-corrected chi connectivity index (χ1v) is 8.01. The lowest BCUT2D eigenvalue weighted by Crippen LogP contribution is -2.19. The minimum absolute atomic E-state index is 0.0605. The Labute approximate surface area is 151 Å². The van der Waals surface area contributed by atoms with Gasteiger partial charge in [0.05, 0.1) is 11.7 Å². The standard InChI is InChI=1S/C18H14N6O3/c1-24-12-7-3-2-6-11(12)16(25)13(18(24)27)14-15(17(26)23-21-14)22-20-10-5-4-8-19-9-10/h2-9,25H,1H3,(H2,21,23,26). The number of pyridine rings is 2. The van der Waals surface area contributed by atoms with Crippen molar-refractivity contribution in [2.45, 2.75) is 0 Å². The number of hydrogen-bond donors (Lipinski definition) is 3. The summed E-state index contributed by atoms with van der Waals surface area (Å²) in [6.45, 7) is 0. The fraction of sp³-hybridized carbons (Fsp3) is 0.0556. The second-order valence-corrected chi connectivity index (χ2v) is 5.82. The molecule has 0 aliphatic heterocycles. The van der Waals surface area contributed by atoms with Crippen LogP contribution in [-0.2, 0) is 7.05 Å². The van der Waals surface area contributed by atoms with Gasteiger partial charge in [0.25, 0.3) is 11.1 Å². The van der Waals surface area contributed by atoms with Gasteiger partial charge in [-0.05, 0) is 24.3 Å². The summed E-state index contributed by atoms with van der Waals surface area (Å²) in [5, 5.41) is 24.1. The predicted octanol–water partition coefficient (Wildman–Crippen LogP) is 2.74. The average Bonchev–Trinajstić information content (AvgIpc) is 3.06. The number of aryl methyl sites for hydroxylation is 1. The molecule has 0 spiro atoms. The lowest BCUT2D eigenvalue weighted by atomic mass is 10.1. The number of nitrogens with one attached hydrogen (secondary N) is 2. The van der Waals surface area contributed by atoms with Gasteiger partial charge < -0.3 is 9.67 Å². The zero-order valence-electron chi connectivity index (χ0n) is 14.2. The van der Waals surface area contributed by atoms with Gasteiger partial charge in [-0.2, -0.15) is 0 Å². The zero-order valence-corrected chi connectivity index (χ0v) is 14.2. The van der Waals surface area contributed by atoms with E-state index < -0.39 is 11.1 Å². The minimum atomic E-state index is -0.563. The number of aromatic amines is 2. The van der Waals surface area contributed by atoms with E-state index in [0.29, 0.717) is 16.6 Å². The fourth-order valence-electron chi connectivity index (χ4n) is 2.85. The van der Waals surface area contributed by atoms with Gasteiger partial charge in [-0.25, -0.2) is 0 Å². The van der Waals surface area contributed by atoms with Crippen LogP contribution in [0.3, 0.4) is 0 Å². The lowest BCUT2D eigenvalue weighted by molar-refractivity contribution is 0.481. The summed E-state index contributed by atoms with van der Waals surface area (Å²) >= 11 is 0. The molecule has 134 valence electrons. The van der Waals surface area contributed by atoms with E-state index in [1.54, 1.807) is 49.6 Å². The molecular weight excluding hydrogens is 348 g/mol. The van der Waals surface area contributed by atoms with Crippen molar-refractivity contribution >= 4 is 22.3 Å². The maximum absolute atomic E-state index is 12.8. The summed E-state index contributed by atoms with van der Waals surface area (Å²) in [5.41, 5.74) is -0.126. The van der Waals surface area contributed by atoms with Crippen LogP contribution in [0.2, 0.25) is 0 Å². The molecule has 27 heavy (non-hydrogen) atoms. The summed E-state index contributed by atoms with van der Waals surface area (Å²) < 4.78 is 1.40. The number of nitrogens with zero attached hydrogens (tertiary/aromatic N) is 4. The second kappa shape index (κ2) is 6.37. The second-order valence-electron chi connectivity index (χ2n) is 5.82. The first-order chi connectivity index (χ1) is 13.1. The van der Waals surface area contributed by atoms with Crippen LogP contribution in [0.25, 0.3) is 22.2 Å². The monoisotopic (exact) mass is 362 g/mol. The molecule has 4 rings (SSSR count). The van der Waals surface area contributed by atoms with Crippen LogP contribution in [0.5, 0.6) is 5.75 Å². The van der Waals surface area contributed by atoms with Gasteiger partial charge in [0.15, 0.2) is 5.69 Å². The Morgan fingerprint density at radius 2 is 1.89 bits per heavy atom. The number of azo groups is 1. The normalized spacial score (nSPS) is 11.4. The van der Waals surface area contributed by atoms with Crippen molar-refractivity contribution in [1.29, 1.82) is 0 Å². The third-order valence-corrected chi connectivity index (χ3v) is 4.19. The largest absolute Gasteiger partial charge is 0.506 e. The number of rotatable bonds is 3. The highest BCUT2D eigenvalue weighted by atomic mass is 16.3. The molecule has 0 saturated heterocycles. The van der Waals surface area contributed by atoms with Gasteiger partial charge in [-0.15, -0.1) is 10.2 Å². The molecule has 3 N–H and O–H groups in total. The fourth-order valence-corrected chi connectivity index (χ4v) is 2.85. The molecular formula is C18H14N6O3. The number of fused-ring (bicyclic) bond motifs is 1. The molecule has 9 heteroatoms. The van der Waals surface area contributed by atoms with E-state index >= 15 is 0 Å². The van der Waals surface area contributed by atoms with E-state index in [1.807, 2.05) is 0 Å². The zero-order chi connectivity index (χ0) is 19.0. The molecule has 0 fully saturated rings. The maximum atomic E-state index is 12.8. The van der Waals surface area contributed by atoms with Crippen molar-refractivity contribution in [3.8, 4) is 17.0 Å². The number of hydrogen-bond acceptors (Lipinski definition) is 6. The van der Waals surface area contributed by atoms with Gasteiger partial charge in [-0.1, -0.05) is 12.1 Å². The number of aromatic nitrogens is 4. The van der Waals surface area contributed by atoms with E-state index in [9.17, 15) is 14.7 Å². The molecule has 0 aliphatic carbocycles. The number of H-pyrrole nitrogens is 2. The molecule has 4 aromatic rings. The first kappa shape index (κ1) is 16.5. The third-order valence-electron chi connectivity index (χ3n) is 4.19. The van der Waals surface area contributed by atoms with Crippen molar-refractivity contribution in [3.05, 3.63) is 69.5 Å². The number of aromatic hydroxyl groups is 1. The molecule has 0 radical (unpaired) electrons. The van der Waals surface area contributed by atoms with Gasteiger partial charge in [-0.3, -0.25) is 24.8 Å². The van der Waals surface area contributed by atoms with Crippen molar-refractivity contribution in [1.82, 2.24) is 19.7 Å². The van der Waals surface area contributed by atoms with E-state index in [-0.39, 0.29) is 22.7 Å². The van der Waals surface area contributed by atoms with Gasteiger partial charge in [0.2, 0.25) is 0 Å². The molecule has 0 atom stereocenters. The quantitative estimate of drug-likeness (QED) is 0.484. The van der Waals surface area contributed by atoms with Crippen molar-refractivity contribution in [3.63, 3.8) is 0 Å². The van der Waals surface area contributed by atoms with Crippen LogP contribution >= 0.6 is 0 Å². The lowest BCUT2D eigenvalue weighted by Gasteiger charge is -2.10. The molecule has 0 unspecified atom stereocenters. The SMILES string of the molecule is Cn1c(=O)c(-c2[nH][nH]c(=O)c2N=Nc2cccnc2)c(O)c2ccccc21. The van der Waals surface area contributed by atoms with Crippen molar-refractivity contribution < 1.29 is 5.11 Å². The predicted molar refractivity (Wildman–Crippen MR) is 99.7 cm³/mol. The smallest absolute Gasteiger partial charge is 0.292 e. The van der Waals surface area contributed by atoms with Gasteiger partial charge in [0, 0.05) is 18.6 Å². The van der Waals surface area contributed by atoms with Gasteiger partial charge in [0.1, 0.15) is 22.7 Å². The minimum Gasteiger partial charge on any atom is -0.506 e. The Kier molecular flexibility index (Phi) is 3.88. The highest BCUT2D eigenvalue weighted by Crippen LogP contribution is 2.35. The summed E-state index contributed by atoms with van der Waals surface area (Å²) in [6.07, 6.45) is 3.07. The Hall–Kier alpha value is -4.01. The molecule has 0 bridgehead atoms. The van der Waals surface area contributed by atoms with Crippen molar-refractivity contribution in [2.24, 2.45) is 17.3 Å². The molecule has 1 aromatic carbocycles. The molecule has 9 nitrogen and oxygen atoms in total. The van der Waals surface area contributed by atoms with Crippen LogP contribution in [-0.4, -0.2) is 24.9 Å². The molecule has 0 aliphatic rings. The van der Waals surface area contributed by atoms with Crippen LogP contribution in [0.15, 0.2) is 68.6 Å². The van der Waals surface area contributed by atoms with E-state index in [2.05, 4.69) is 25.4 Å².